The summed E-state index contributed by atoms with van der Waals surface area (Å²) in [6, 6.07) is 0. The third kappa shape index (κ3) is 3.66. The minimum absolute atomic E-state index is 0.00588. The predicted octanol–water partition coefficient (Wildman–Crippen LogP) is 2.54. The van der Waals surface area contributed by atoms with Crippen LogP contribution in [0.15, 0.2) is 0 Å². The molecule has 0 aliphatic heterocycles. The Labute approximate surface area is 145 Å². The molecule has 6 nitrogen and oxygen atoms in total. The minimum atomic E-state index is -0.348. The molecular formula is C17H23N3O3S. The Morgan fingerprint density at radius 1 is 1.21 bits per heavy atom. The molecule has 1 fully saturated rings. The topological polar surface area (TPSA) is 88.2 Å². The highest BCUT2D eigenvalue weighted by atomic mass is 32.1. The largest absolute Gasteiger partial charge is 0.356 e. The number of nitrogens with zero attached hydrogens (tertiary/aromatic N) is 1. The van der Waals surface area contributed by atoms with Crippen LogP contribution in [0.3, 0.4) is 0 Å². The quantitative estimate of drug-likeness (QED) is 0.773. The molecule has 0 unspecified atom stereocenters. The van der Waals surface area contributed by atoms with Gasteiger partial charge in [0.2, 0.25) is 11.8 Å². The van der Waals surface area contributed by atoms with E-state index in [1.807, 2.05) is 0 Å². The van der Waals surface area contributed by atoms with Gasteiger partial charge in [0.25, 0.3) is 0 Å². The smallest absolute Gasteiger partial charge is 0.229 e. The van der Waals surface area contributed by atoms with Crippen molar-refractivity contribution in [1.29, 1.82) is 0 Å². The molecule has 3 rings (SSSR count). The van der Waals surface area contributed by atoms with Gasteiger partial charge in [-0.15, -0.1) is 0 Å². The second-order valence-corrected chi connectivity index (χ2v) is 7.58. The number of hydrogen-bond acceptors (Lipinski definition) is 5. The Kier molecular flexibility index (Phi) is 5.28. The highest BCUT2D eigenvalue weighted by Crippen LogP contribution is 2.34. The number of anilines is 1. The summed E-state index contributed by atoms with van der Waals surface area (Å²) < 4.78 is 0. The summed E-state index contributed by atoms with van der Waals surface area (Å²) in [6.45, 7) is 2.71. The zero-order valence-electron chi connectivity index (χ0n) is 13.9. The molecular weight excluding hydrogens is 326 g/mol. The fourth-order valence-electron chi connectivity index (χ4n) is 2.98. The van der Waals surface area contributed by atoms with Crippen LogP contribution in [0.5, 0.6) is 0 Å². The maximum atomic E-state index is 12.3. The summed E-state index contributed by atoms with van der Waals surface area (Å²) in [5.41, 5.74) is 0.649. The summed E-state index contributed by atoms with van der Waals surface area (Å²) in [7, 11) is 0. The number of aromatic nitrogens is 1. The zero-order valence-corrected chi connectivity index (χ0v) is 14.7. The fraction of sp³-hybridized carbons (Fsp3) is 0.647. The molecule has 130 valence electrons. The highest BCUT2D eigenvalue weighted by Gasteiger charge is 2.33. The molecule has 1 saturated carbocycles. The van der Waals surface area contributed by atoms with Crippen molar-refractivity contribution >= 4 is 34.1 Å². The number of fused-ring (bicyclic) bond motifs is 1. The monoisotopic (exact) mass is 349 g/mol. The number of amides is 2. The van der Waals surface area contributed by atoms with E-state index in [1.54, 1.807) is 0 Å². The molecule has 0 spiro atoms. The maximum Gasteiger partial charge on any atom is 0.229 e. The van der Waals surface area contributed by atoms with Gasteiger partial charge in [0.05, 0.1) is 16.5 Å². The number of rotatable bonds is 6. The van der Waals surface area contributed by atoms with E-state index >= 15 is 0 Å². The average molecular weight is 349 g/mol. The number of Topliss-reactive ketones (excluding diaryl/α,β-unsaturated/α-hetero) is 1. The second-order valence-electron chi connectivity index (χ2n) is 6.58. The lowest BCUT2D eigenvalue weighted by atomic mass is 9.85. The molecule has 1 atom stereocenters. The molecule has 2 aliphatic rings. The summed E-state index contributed by atoms with van der Waals surface area (Å²) in [5, 5.41) is 6.20. The fourth-order valence-corrected chi connectivity index (χ4v) is 3.92. The van der Waals surface area contributed by atoms with E-state index in [4.69, 9.17) is 0 Å². The van der Waals surface area contributed by atoms with Gasteiger partial charge >= 0.3 is 0 Å². The van der Waals surface area contributed by atoms with Crippen molar-refractivity contribution < 1.29 is 14.4 Å². The number of ketones is 1. The molecule has 2 amide bonds. The van der Waals surface area contributed by atoms with Gasteiger partial charge in [0.1, 0.15) is 0 Å². The van der Waals surface area contributed by atoms with Crippen LogP contribution in [0, 0.1) is 11.8 Å². The lowest BCUT2D eigenvalue weighted by molar-refractivity contribution is -0.125. The molecule has 24 heavy (non-hydrogen) atoms. The first kappa shape index (κ1) is 17.1. The zero-order chi connectivity index (χ0) is 17.1. The number of nitrogens with one attached hydrogen (secondary N) is 2. The van der Waals surface area contributed by atoms with E-state index in [2.05, 4.69) is 22.5 Å². The molecule has 0 saturated heterocycles. The molecule has 0 aromatic carbocycles. The van der Waals surface area contributed by atoms with Gasteiger partial charge < -0.3 is 10.6 Å². The third-order valence-electron chi connectivity index (χ3n) is 4.73. The summed E-state index contributed by atoms with van der Waals surface area (Å²) in [5.74, 6) is -0.393. The van der Waals surface area contributed by atoms with Crippen molar-refractivity contribution in [1.82, 2.24) is 10.3 Å². The van der Waals surface area contributed by atoms with Crippen LogP contribution >= 0.6 is 11.3 Å². The van der Waals surface area contributed by atoms with Gasteiger partial charge in [0, 0.05) is 25.3 Å². The molecule has 2 aliphatic carbocycles. The van der Waals surface area contributed by atoms with E-state index in [-0.39, 0.29) is 35.9 Å². The first-order valence-electron chi connectivity index (χ1n) is 8.70. The number of thiazole rings is 1. The van der Waals surface area contributed by atoms with Crippen LogP contribution in [0.2, 0.25) is 0 Å². The Bertz CT molecular complexity index is 652. The number of unbranched alkanes of at least 4 members (excludes halogenated alkanes) is 1. The van der Waals surface area contributed by atoms with Crippen molar-refractivity contribution in [2.24, 2.45) is 11.8 Å². The van der Waals surface area contributed by atoms with Crippen LogP contribution in [0.1, 0.15) is 60.8 Å². The van der Waals surface area contributed by atoms with Crippen molar-refractivity contribution in [3.05, 3.63) is 10.6 Å². The van der Waals surface area contributed by atoms with Crippen LogP contribution < -0.4 is 10.6 Å². The number of hydrogen-bond donors (Lipinski definition) is 2. The van der Waals surface area contributed by atoms with Crippen molar-refractivity contribution in [2.45, 2.75) is 51.9 Å². The van der Waals surface area contributed by atoms with Crippen LogP contribution in [-0.2, 0) is 16.0 Å². The van der Waals surface area contributed by atoms with E-state index < -0.39 is 0 Å². The molecule has 1 aromatic rings. The van der Waals surface area contributed by atoms with Crippen molar-refractivity contribution in [3.8, 4) is 0 Å². The normalized spacial score (nSPS) is 20.2. The first-order valence-corrected chi connectivity index (χ1v) is 9.51. The minimum Gasteiger partial charge on any atom is -0.356 e. The Morgan fingerprint density at radius 2 is 2.00 bits per heavy atom. The lowest BCUT2D eigenvalue weighted by Gasteiger charge is -2.23. The van der Waals surface area contributed by atoms with Crippen molar-refractivity contribution in [3.63, 3.8) is 0 Å². The lowest BCUT2D eigenvalue weighted by Crippen LogP contribution is -2.36. The average Bonchev–Trinajstić information content (AvgIpc) is 2.88. The summed E-state index contributed by atoms with van der Waals surface area (Å²) in [4.78, 5) is 41.5. The van der Waals surface area contributed by atoms with Crippen molar-refractivity contribution in [2.75, 3.05) is 11.9 Å². The Morgan fingerprint density at radius 3 is 2.67 bits per heavy atom. The number of carbonyl (C=O) groups excluding carboxylic acids is 3. The standard InChI is InChI=1S/C17H23N3O3S/c1-2-3-7-18-15(22)11-8-12-14(13(21)9-11)24-17(19-12)20-16(23)10-5-4-6-10/h10-11H,2-9H2,1H3,(H,18,22)(H,19,20,23)/t11-/m0/s1. The van der Waals surface area contributed by atoms with E-state index in [9.17, 15) is 14.4 Å². The van der Waals surface area contributed by atoms with E-state index in [0.29, 0.717) is 28.7 Å². The molecule has 7 heteroatoms. The number of carbonyl (C=O) groups is 3. The highest BCUT2D eigenvalue weighted by molar-refractivity contribution is 7.17. The molecule has 1 aromatic heterocycles. The van der Waals surface area contributed by atoms with Crippen LogP contribution in [0.25, 0.3) is 0 Å². The molecule has 0 radical (unpaired) electrons. The first-order chi connectivity index (χ1) is 11.6. The third-order valence-corrected chi connectivity index (χ3v) is 5.78. The van der Waals surface area contributed by atoms with E-state index in [1.165, 1.54) is 11.3 Å². The predicted molar refractivity (Wildman–Crippen MR) is 92.1 cm³/mol. The SMILES string of the molecule is CCCCNC(=O)[C@@H]1CC(=O)c2sc(NC(=O)C3CCC3)nc2C1. The Hall–Kier alpha value is -1.76. The maximum absolute atomic E-state index is 12.3. The van der Waals surface area contributed by atoms with Gasteiger partial charge in [-0.3, -0.25) is 14.4 Å². The van der Waals surface area contributed by atoms with Gasteiger partial charge in [-0.2, -0.15) is 0 Å². The molecule has 2 N–H and O–H groups in total. The summed E-state index contributed by atoms with van der Waals surface area (Å²) in [6.07, 6.45) is 5.60. The summed E-state index contributed by atoms with van der Waals surface area (Å²) >= 11 is 1.23. The second kappa shape index (κ2) is 7.42. The molecule has 0 bridgehead atoms. The van der Waals surface area contributed by atoms with Gasteiger partial charge in [-0.25, -0.2) is 4.98 Å². The van der Waals surface area contributed by atoms with E-state index in [0.717, 1.165) is 32.1 Å². The van der Waals surface area contributed by atoms with Gasteiger partial charge in [0.15, 0.2) is 10.9 Å². The van der Waals surface area contributed by atoms with Crippen LogP contribution in [-0.4, -0.2) is 29.1 Å². The Balaban J connectivity index is 1.63. The molecule has 1 heterocycles. The van der Waals surface area contributed by atoms with Gasteiger partial charge in [-0.1, -0.05) is 31.1 Å². The van der Waals surface area contributed by atoms with Crippen LogP contribution in [0.4, 0.5) is 5.13 Å². The van der Waals surface area contributed by atoms with Gasteiger partial charge in [-0.05, 0) is 19.3 Å².